The Labute approximate surface area is 163 Å². The highest BCUT2D eigenvalue weighted by Crippen LogP contribution is 2.38. The predicted octanol–water partition coefficient (Wildman–Crippen LogP) is 3.35. The summed E-state index contributed by atoms with van der Waals surface area (Å²) in [6, 6.07) is 10.3. The normalized spacial score (nSPS) is 16.1. The van der Waals surface area contributed by atoms with Crippen LogP contribution in [0.5, 0.6) is 0 Å². The minimum Gasteiger partial charge on any atom is -0.466 e. The lowest BCUT2D eigenvalue weighted by Crippen LogP contribution is -2.47. The number of ether oxygens (including phenoxy) is 1. The van der Waals surface area contributed by atoms with E-state index in [1.807, 2.05) is 25.1 Å². The molecule has 0 saturated carbocycles. The van der Waals surface area contributed by atoms with E-state index in [-0.39, 0.29) is 11.9 Å². The molecule has 1 amide bonds. The van der Waals surface area contributed by atoms with Gasteiger partial charge in [-0.2, -0.15) is 0 Å². The van der Waals surface area contributed by atoms with Crippen molar-refractivity contribution in [2.45, 2.75) is 39.0 Å². The fraction of sp³-hybridized carbons (Fsp3) is 0.500. The summed E-state index contributed by atoms with van der Waals surface area (Å²) in [5.74, 6) is -0.231. The number of benzene rings is 1. The van der Waals surface area contributed by atoms with Crippen molar-refractivity contribution >= 4 is 23.4 Å². The molecule has 3 rings (SSSR count). The van der Waals surface area contributed by atoms with Crippen molar-refractivity contribution in [2.24, 2.45) is 5.41 Å². The van der Waals surface area contributed by atoms with Crippen molar-refractivity contribution in [3.63, 3.8) is 0 Å². The van der Waals surface area contributed by atoms with Crippen molar-refractivity contribution in [3.05, 3.63) is 47.0 Å². The number of hydrogen-bond acceptors (Lipinski definition) is 6. The molecule has 6 nitrogen and oxygen atoms in total. The lowest BCUT2D eigenvalue weighted by molar-refractivity contribution is -0.159. The summed E-state index contributed by atoms with van der Waals surface area (Å²) >= 11 is 1.17. The minimum atomic E-state index is -0.498. The Morgan fingerprint density at radius 1 is 1.22 bits per heavy atom. The first-order valence-electron chi connectivity index (χ1n) is 9.42. The van der Waals surface area contributed by atoms with E-state index in [1.165, 1.54) is 17.1 Å². The molecule has 144 valence electrons. The van der Waals surface area contributed by atoms with E-state index in [4.69, 9.17) is 4.74 Å². The molecule has 27 heavy (non-hydrogen) atoms. The van der Waals surface area contributed by atoms with Crippen LogP contribution in [0, 0.1) is 5.41 Å². The van der Waals surface area contributed by atoms with Gasteiger partial charge in [-0.05, 0) is 56.1 Å². The number of aromatic nitrogens is 2. The van der Waals surface area contributed by atoms with Crippen LogP contribution in [-0.2, 0) is 16.0 Å². The Hall–Kier alpha value is -2.28. The molecular formula is C20H25N3O3S. The molecule has 0 N–H and O–H groups in total. The maximum atomic E-state index is 12.7. The summed E-state index contributed by atoms with van der Waals surface area (Å²) in [5, 5.41) is 5.52. The van der Waals surface area contributed by atoms with Gasteiger partial charge in [0.1, 0.15) is 0 Å². The number of nitrogens with zero attached hydrogens (tertiary/aromatic N) is 3. The van der Waals surface area contributed by atoms with E-state index >= 15 is 0 Å². The van der Waals surface area contributed by atoms with Gasteiger partial charge in [-0.25, -0.2) is 0 Å². The molecular weight excluding hydrogens is 362 g/mol. The topological polar surface area (TPSA) is 72.4 Å². The summed E-state index contributed by atoms with van der Waals surface area (Å²) < 4.78 is 9.15. The molecule has 2 heterocycles. The van der Waals surface area contributed by atoms with E-state index < -0.39 is 5.41 Å². The van der Waals surface area contributed by atoms with E-state index in [0.717, 1.165) is 19.3 Å². The third-order valence-electron chi connectivity index (χ3n) is 5.26. The van der Waals surface area contributed by atoms with Gasteiger partial charge in [0.2, 0.25) is 0 Å². The molecule has 1 saturated heterocycles. The average Bonchev–Trinajstić information content (AvgIpc) is 3.24. The zero-order chi connectivity index (χ0) is 19.1. The van der Waals surface area contributed by atoms with Crippen molar-refractivity contribution < 1.29 is 14.3 Å². The molecule has 1 aromatic heterocycles. The SMILES string of the molecule is CCOC(=O)C1(CCCc2ccccc2)CCN(C(=O)c2csnn2)CC1. The van der Waals surface area contributed by atoms with Gasteiger partial charge in [-0.1, -0.05) is 34.8 Å². The van der Waals surface area contributed by atoms with Crippen molar-refractivity contribution in [1.29, 1.82) is 0 Å². The van der Waals surface area contributed by atoms with Gasteiger partial charge in [0.15, 0.2) is 5.69 Å². The quantitative estimate of drug-likeness (QED) is 0.681. The second-order valence-corrected chi connectivity index (χ2v) is 7.53. The van der Waals surface area contributed by atoms with Gasteiger partial charge in [0, 0.05) is 18.5 Å². The predicted molar refractivity (Wildman–Crippen MR) is 103 cm³/mol. The van der Waals surface area contributed by atoms with Gasteiger partial charge >= 0.3 is 5.97 Å². The Morgan fingerprint density at radius 2 is 1.96 bits per heavy atom. The third kappa shape index (κ3) is 4.71. The van der Waals surface area contributed by atoms with Gasteiger partial charge < -0.3 is 9.64 Å². The molecule has 0 aliphatic carbocycles. The minimum absolute atomic E-state index is 0.106. The maximum absolute atomic E-state index is 12.7. The van der Waals surface area contributed by atoms with Crippen LogP contribution in [0.4, 0.5) is 0 Å². The molecule has 0 spiro atoms. The highest BCUT2D eigenvalue weighted by Gasteiger charge is 2.43. The molecule has 7 heteroatoms. The van der Waals surface area contributed by atoms with E-state index in [2.05, 4.69) is 21.7 Å². The van der Waals surface area contributed by atoms with Gasteiger partial charge in [0.25, 0.3) is 5.91 Å². The second-order valence-electron chi connectivity index (χ2n) is 6.92. The Bertz CT molecular complexity index is 741. The Morgan fingerprint density at radius 3 is 2.59 bits per heavy atom. The smallest absolute Gasteiger partial charge is 0.312 e. The van der Waals surface area contributed by atoms with Crippen LogP contribution in [0.25, 0.3) is 0 Å². The van der Waals surface area contributed by atoms with Crippen LogP contribution in [-0.4, -0.2) is 46.1 Å². The summed E-state index contributed by atoms with van der Waals surface area (Å²) in [4.78, 5) is 27.0. The largest absolute Gasteiger partial charge is 0.466 e. The average molecular weight is 388 g/mol. The molecule has 0 unspecified atom stereocenters. The number of amides is 1. The molecule has 0 atom stereocenters. The summed E-state index contributed by atoms with van der Waals surface area (Å²) in [6.45, 7) is 3.30. The van der Waals surface area contributed by atoms with E-state index in [1.54, 1.807) is 10.3 Å². The van der Waals surface area contributed by atoms with Crippen LogP contribution >= 0.6 is 11.5 Å². The fourth-order valence-corrected chi connectivity index (χ4v) is 4.10. The number of likely N-dealkylation sites (tertiary alicyclic amines) is 1. The first kappa shape index (κ1) is 19.5. The van der Waals surface area contributed by atoms with Crippen LogP contribution < -0.4 is 0 Å². The van der Waals surface area contributed by atoms with Crippen molar-refractivity contribution in [3.8, 4) is 0 Å². The van der Waals surface area contributed by atoms with E-state index in [9.17, 15) is 9.59 Å². The van der Waals surface area contributed by atoms with Gasteiger partial charge in [-0.15, -0.1) is 5.10 Å². The number of carbonyl (C=O) groups is 2. The number of carbonyl (C=O) groups excluding carboxylic acids is 2. The third-order valence-corrected chi connectivity index (χ3v) is 5.76. The number of hydrogen-bond donors (Lipinski definition) is 0. The maximum Gasteiger partial charge on any atom is 0.312 e. The number of aryl methyl sites for hydroxylation is 1. The highest BCUT2D eigenvalue weighted by molar-refractivity contribution is 7.03. The second kappa shape index (κ2) is 9.08. The standard InChI is InChI=1S/C20H25N3O3S/c1-2-26-19(25)20(10-6-9-16-7-4-3-5-8-16)11-13-23(14-12-20)18(24)17-15-27-22-21-17/h3-5,7-8,15H,2,6,9-14H2,1H3. The fourth-order valence-electron chi connectivity index (χ4n) is 3.67. The summed E-state index contributed by atoms with van der Waals surface area (Å²) in [5.41, 5.74) is 1.16. The summed E-state index contributed by atoms with van der Waals surface area (Å²) in [6.07, 6.45) is 3.90. The first-order chi connectivity index (χ1) is 13.1. The molecule has 2 aromatic rings. The molecule has 1 aliphatic rings. The van der Waals surface area contributed by atoms with Crippen molar-refractivity contribution in [1.82, 2.24) is 14.5 Å². The Kier molecular flexibility index (Phi) is 6.55. The summed E-state index contributed by atoms with van der Waals surface area (Å²) in [7, 11) is 0. The van der Waals surface area contributed by atoms with Crippen LogP contribution in [0.15, 0.2) is 35.7 Å². The zero-order valence-corrected chi connectivity index (χ0v) is 16.4. The highest BCUT2D eigenvalue weighted by atomic mass is 32.1. The number of esters is 1. The van der Waals surface area contributed by atoms with Gasteiger partial charge in [0.05, 0.1) is 12.0 Å². The zero-order valence-electron chi connectivity index (χ0n) is 15.6. The molecule has 0 radical (unpaired) electrons. The van der Waals surface area contributed by atoms with Crippen LogP contribution in [0.3, 0.4) is 0 Å². The van der Waals surface area contributed by atoms with Gasteiger partial charge in [-0.3, -0.25) is 9.59 Å². The number of piperidine rings is 1. The molecule has 1 aromatic carbocycles. The molecule has 1 aliphatic heterocycles. The number of rotatable bonds is 7. The van der Waals surface area contributed by atoms with Crippen LogP contribution in [0.1, 0.15) is 48.7 Å². The lowest BCUT2D eigenvalue weighted by Gasteiger charge is -2.39. The molecule has 0 bridgehead atoms. The lowest BCUT2D eigenvalue weighted by atomic mass is 9.74. The first-order valence-corrected chi connectivity index (χ1v) is 10.3. The molecule has 1 fully saturated rings. The monoisotopic (exact) mass is 387 g/mol. The van der Waals surface area contributed by atoms with Crippen LogP contribution in [0.2, 0.25) is 0 Å². The van der Waals surface area contributed by atoms with Crippen molar-refractivity contribution in [2.75, 3.05) is 19.7 Å². The van der Waals surface area contributed by atoms with E-state index in [0.29, 0.717) is 38.2 Å². The Balaban J connectivity index is 1.62.